The van der Waals surface area contributed by atoms with E-state index in [0.717, 1.165) is 52.7 Å². The number of aromatic amines is 1. The lowest BCUT2D eigenvalue weighted by Crippen LogP contribution is -2.46. The van der Waals surface area contributed by atoms with Crippen molar-refractivity contribution in [3.05, 3.63) is 84.2 Å². The van der Waals surface area contributed by atoms with E-state index in [-0.39, 0.29) is 23.7 Å². The standard InChI is InChI=1S/C29H27FN4O2/c1-28(2)26(29(14-15-29)31-17-35)25(19-6-4-3-5-7-19)34(27(28)36)21-12-13-22-23(16-21)32-33-24(22)18-8-10-20(30)11-9-18/h3-13,16-17,25-26H,14-15H2,1-2H3,(H,31,35)(H,32,33)/t25-,26+/m0/s1. The Morgan fingerprint density at radius 1 is 1.06 bits per heavy atom. The lowest BCUT2D eigenvalue weighted by molar-refractivity contribution is -0.126. The van der Waals surface area contributed by atoms with Crippen LogP contribution in [0.15, 0.2) is 72.8 Å². The van der Waals surface area contributed by atoms with Gasteiger partial charge in [0.05, 0.1) is 22.7 Å². The normalized spacial score (nSPS) is 22.1. The van der Waals surface area contributed by atoms with Gasteiger partial charge in [-0.05, 0) is 60.9 Å². The second kappa shape index (κ2) is 8.01. The topological polar surface area (TPSA) is 78.1 Å². The summed E-state index contributed by atoms with van der Waals surface area (Å²) in [7, 11) is 0. The van der Waals surface area contributed by atoms with Gasteiger partial charge in [0.15, 0.2) is 0 Å². The van der Waals surface area contributed by atoms with E-state index in [2.05, 4.69) is 27.6 Å². The van der Waals surface area contributed by atoms with Gasteiger partial charge in [0.1, 0.15) is 5.82 Å². The summed E-state index contributed by atoms with van der Waals surface area (Å²) < 4.78 is 13.4. The van der Waals surface area contributed by atoms with Crippen LogP contribution >= 0.6 is 0 Å². The van der Waals surface area contributed by atoms with E-state index >= 15 is 0 Å². The molecule has 2 atom stereocenters. The molecule has 0 unspecified atom stereocenters. The second-order valence-electron chi connectivity index (χ2n) is 10.5. The second-order valence-corrected chi connectivity index (χ2v) is 10.5. The molecule has 4 aromatic rings. The molecule has 2 aliphatic rings. The van der Waals surface area contributed by atoms with Crippen LogP contribution in [-0.4, -0.2) is 28.1 Å². The number of halogens is 1. The molecule has 1 saturated carbocycles. The Hall–Kier alpha value is -4.00. The molecule has 2 amide bonds. The van der Waals surface area contributed by atoms with Crippen molar-refractivity contribution < 1.29 is 14.0 Å². The van der Waals surface area contributed by atoms with Crippen LogP contribution in [0.25, 0.3) is 22.2 Å². The molecule has 0 bridgehead atoms. The van der Waals surface area contributed by atoms with Crippen LogP contribution in [0, 0.1) is 17.2 Å². The molecule has 36 heavy (non-hydrogen) atoms. The van der Waals surface area contributed by atoms with Gasteiger partial charge in [-0.15, -0.1) is 0 Å². The Bertz CT molecular complexity index is 1460. The molecule has 2 heterocycles. The summed E-state index contributed by atoms with van der Waals surface area (Å²) in [5.74, 6) is -0.370. The SMILES string of the molecule is CC1(C)C(=O)N(c2ccc3c(-c4ccc(F)cc4)n[nH]c3c2)[C@@H](c2ccccc2)[C@H]1C1(NC=O)CC1. The van der Waals surface area contributed by atoms with Gasteiger partial charge in [-0.3, -0.25) is 14.7 Å². The lowest BCUT2D eigenvalue weighted by atomic mass is 9.71. The molecule has 2 N–H and O–H groups in total. The number of amides is 2. The number of aromatic nitrogens is 2. The fourth-order valence-corrected chi connectivity index (χ4v) is 6.16. The number of carbonyl (C=O) groups is 2. The highest BCUT2D eigenvalue weighted by Gasteiger charge is 2.66. The number of benzene rings is 3. The summed E-state index contributed by atoms with van der Waals surface area (Å²) in [5.41, 5.74) is 3.06. The first-order valence-electron chi connectivity index (χ1n) is 12.2. The Kier molecular flexibility index (Phi) is 5.00. The summed E-state index contributed by atoms with van der Waals surface area (Å²) >= 11 is 0. The van der Waals surface area contributed by atoms with Gasteiger partial charge in [-0.25, -0.2) is 4.39 Å². The molecule has 1 aromatic heterocycles. The fourth-order valence-electron chi connectivity index (χ4n) is 6.16. The molecule has 3 aromatic carbocycles. The molecule has 6 rings (SSSR count). The highest BCUT2D eigenvalue weighted by atomic mass is 19.1. The number of fused-ring (bicyclic) bond motifs is 1. The summed E-state index contributed by atoms with van der Waals surface area (Å²) in [4.78, 5) is 27.5. The van der Waals surface area contributed by atoms with Gasteiger partial charge < -0.3 is 10.2 Å². The molecule has 1 aliphatic heterocycles. The van der Waals surface area contributed by atoms with E-state index in [9.17, 15) is 14.0 Å². The van der Waals surface area contributed by atoms with Crippen molar-refractivity contribution in [2.45, 2.75) is 38.3 Å². The van der Waals surface area contributed by atoms with Crippen LogP contribution in [0.1, 0.15) is 38.3 Å². The van der Waals surface area contributed by atoms with E-state index in [0.29, 0.717) is 0 Å². The first-order chi connectivity index (χ1) is 17.4. The number of carbonyl (C=O) groups excluding carboxylic acids is 2. The van der Waals surface area contributed by atoms with Crippen molar-refractivity contribution in [2.75, 3.05) is 4.90 Å². The number of rotatable bonds is 6. The Labute approximate surface area is 208 Å². The summed E-state index contributed by atoms with van der Waals surface area (Å²) in [6, 6.07) is 21.9. The van der Waals surface area contributed by atoms with Gasteiger partial charge in [-0.1, -0.05) is 44.2 Å². The number of hydrogen-bond donors (Lipinski definition) is 2. The molecule has 7 heteroatoms. The number of nitrogens with zero attached hydrogens (tertiary/aromatic N) is 2. The minimum atomic E-state index is -0.685. The maximum absolute atomic E-state index is 14.0. The van der Waals surface area contributed by atoms with E-state index < -0.39 is 11.0 Å². The van der Waals surface area contributed by atoms with E-state index in [4.69, 9.17) is 0 Å². The molecule has 6 nitrogen and oxygen atoms in total. The van der Waals surface area contributed by atoms with E-state index in [1.165, 1.54) is 12.1 Å². The molecule has 0 radical (unpaired) electrons. The van der Waals surface area contributed by atoms with Gasteiger partial charge >= 0.3 is 0 Å². The van der Waals surface area contributed by atoms with Gasteiger partial charge in [0.2, 0.25) is 12.3 Å². The summed E-state index contributed by atoms with van der Waals surface area (Å²) in [5, 5.41) is 11.5. The Morgan fingerprint density at radius 3 is 2.44 bits per heavy atom. The third kappa shape index (κ3) is 3.33. The van der Waals surface area contributed by atoms with Crippen molar-refractivity contribution in [3.63, 3.8) is 0 Å². The average molecular weight is 483 g/mol. The molecular formula is C29H27FN4O2. The van der Waals surface area contributed by atoms with Crippen LogP contribution in [0.3, 0.4) is 0 Å². The first-order valence-corrected chi connectivity index (χ1v) is 12.2. The first kappa shape index (κ1) is 22.5. The number of hydrogen-bond acceptors (Lipinski definition) is 3. The Morgan fingerprint density at radius 2 is 1.78 bits per heavy atom. The maximum Gasteiger partial charge on any atom is 0.233 e. The number of anilines is 1. The molecule has 2 fully saturated rings. The van der Waals surface area contributed by atoms with Crippen LogP contribution in [-0.2, 0) is 9.59 Å². The molecule has 182 valence electrons. The average Bonchev–Trinajstić information content (AvgIpc) is 3.46. The van der Waals surface area contributed by atoms with Crippen LogP contribution in [0.5, 0.6) is 0 Å². The number of H-pyrrole nitrogens is 1. The van der Waals surface area contributed by atoms with E-state index in [1.54, 1.807) is 12.1 Å². The molecular weight excluding hydrogens is 455 g/mol. The zero-order chi connectivity index (χ0) is 25.1. The Balaban J connectivity index is 1.47. The van der Waals surface area contributed by atoms with Crippen LogP contribution < -0.4 is 10.2 Å². The highest BCUT2D eigenvalue weighted by molar-refractivity contribution is 6.03. The van der Waals surface area contributed by atoms with Crippen molar-refractivity contribution in [3.8, 4) is 11.3 Å². The molecule has 1 aliphatic carbocycles. The quantitative estimate of drug-likeness (QED) is 0.362. The maximum atomic E-state index is 14.0. The number of nitrogens with one attached hydrogen (secondary N) is 2. The van der Waals surface area contributed by atoms with Crippen molar-refractivity contribution in [2.24, 2.45) is 11.3 Å². The van der Waals surface area contributed by atoms with Gasteiger partial charge in [0, 0.05) is 28.1 Å². The third-order valence-electron chi connectivity index (χ3n) is 7.96. The summed E-state index contributed by atoms with van der Waals surface area (Å²) in [6.07, 6.45) is 2.47. The van der Waals surface area contributed by atoms with Crippen LogP contribution in [0.2, 0.25) is 0 Å². The highest BCUT2D eigenvalue weighted by Crippen LogP contribution is 2.61. The zero-order valence-electron chi connectivity index (χ0n) is 20.2. The largest absolute Gasteiger partial charge is 0.353 e. The van der Waals surface area contributed by atoms with Gasteiger partial charge in [0.25, 0.3) is 0 Å². The molecule has 1 saturated heterocycles. The minimum Gasteiger partial charge on any atom is -0.353 e. The monoisotopic (exact) mass is 482 g/mol. The van der Waals surface area contributed by atoms with E-state index in [1.807, 2.05) is 55.1 Å². The fraction of sp³-hybridized carbons (Fsp3) is 0.276. The predicted octanol–water partition coefficient (Wildman–Crippen LogP) is 5.38. The summed E-state index contributed by atoms with van der Waals surface area (Å²) in [6.45, 7) is 3.98. The van der Waals surface area contributed by atoms with Crippen LogP contribution in [0.4, 0.5) is 10.1 Å². The third-order valence-corrected chi connectivity index (χ3v) is 7.96. The van der Waals surface area contributed by atoms with Gasteiger partial charge in [-0.2, -0.15) is 5.10 Å². The lowest BCUT2D eigenvalue weighted by Gasteiger charge is -2.36. The smallest absolute Gasteiger partial charge is 0.233 e. The zero-order valence-corrected chi connectivity index (χ0v) is 20.2. The van der Waals surface area contributed by atoms with Crippen molar-refractivity contribution in [1.29, 1.82) is 0 Å². The molecule has 0 spiro atoms. The minimum absolute atomic E-state index is 0.0259. The van der Waals surface area contributed by atoms with Crippen molar-refractivity contribution in [1.82, 2.24) is 15.5 Å². The predicted molar refractivity (Wildman–Crippen MR) is 137 cm³/mol. The van der Waals surface area contributed by atoms with Crippen molar-refractivity contribution >= 4 is 28.9 Å².